The number of hydrogen-bond acceptors (Lipinski definition) is 5. The van der Waals surface area contributed by atoms with Crippen molar-refractivity contribution in [1.29, 1.82) is 0 Å². The van der Waals surface area contributed by atoms with Gasteiger partial charge in [-0.25, -0.2) is 0 Å². The molecule has 0 aliphatic carbocycles. The number of carbonyl (C=O) groups excluding carboxylic acids is 2. The SMILES string of the molecule is CB(O)N[C@H](CC(=O)OC(C)(C)C)Cc1cc(CC(=O)CBr)ccc1C. The number of halogens is 1. The Kier molecular flexibility index (Phi) is 9.00. The molecule has 0 heterocycles. The lowest BCUT2D eigenvalue weighted by Gasteiger charge is -2.24. The lowest BCUT2D eigenvalue weighted by atomic mass is 9.85. The van der Waals surface area contributed by atoms with E-state index >= 15 is 0 Å². The van der Waals surface area contributed by atoms with Gasteiger partial charge in [0.05, 0.1) is 11.8 Å². The number of alkyl halides is 1. The van der Waals surface area contributed by atoms with Crippen molar-refractivity contribution in [2.45, 2.75) is 65.4 Å². The number of benzene rings is 1. The molecule has 1 aromatic carbocycles. The summed E-state index contributed by atoms with van der Waals surface area (Å²) in [7, 11) is -0.735. The number of aryl methyl sites for hydroxylation is 1. The fourth-order valence-corrected chi connectivity index (χ4v) is 2.91. The monoisotopic (exact) mass is 425 g/mol. The summed E-state index contributed by atoms with van der Waals surface area (Å²) in [4.78, 5) is 23.9. The maximum atomic E-state index is 12.2. The fourth-order valence-electron chi connectivity index (χ4n) is 2.71. The van der Waals surface area contributed by atoms with Crippen LogP contribution in [0.25, 0.3) is 0 Å². The van der Waals surface area contributed by atoms with E-state index in [0.717, 1.165) is 16.7 Å². The van der Waals surface area contributed by atoms with E-state index in [4.69, 9.17) is 4.74 Å². The first kappa shape index (κ1) is 22.9. The van der Waals surface area contributed by atoms with Crippen LogP contribution in [0.1, 0.15) is 43.9 Å². The molecule has 7 heteroatoms. The summed E-state index contributed by atoms with van der Waals surface area (Å²) in [6, 6.07) is 5.68. The Labute approximate surface area is 165 Å². The van der Waals surface area contributed by atoms with Crippen LogP contribution < -0.4 is 5.23 Å². The van der Waals surface area contributed by atoms with E-state index in [1.54, 1.807) is 6.82 Å². The lowest BCUT2D eigenvalue weighted by molar-refractivity contribution is -0.155. The molecule has 144 valence electrons. The highest BCUT2D eigenvalue weighted by molar-refractivity contribution is 9.09. The van der Waals surface area contributed by atoms with Crippen molar-refractivity contribution in [1.82, 2.24) is 5.23 Å². The minimum Gasteiger partial charge on any atom is -0.460 e. The minimum absolute atomic E-state index is 0.118. The molecule has 0 amide bonds. The number of nitrogens with one attached hydrogen (secondary N) is 1. The Morgan fingerprint density at radius 2 is 2.00 bits per heavy atom. The third-order valence-corrected chi connectivity index (χ3v) is 4.37. The van der Waals surface area contributed by atoms with Gasteiger partial charge in [0.1, 0.15) is 11.4 Å². The van der Waals surface area contributed by atoms with Gasteiger partial charge in [-0.05, 0) is 57.6 Å². The van der Waals surface area contributed by atoms with Crippen molar-refractivity contribution in [2.24, 2.45) is 0 Å². The van der Waals surface area contributed by atoms with Crippen molar-refractivity contribution in [2.75, 3.05) is 5.33 Å². The van der Waals surface area contributed by atoms with Crippen LogP contribution >= 0.6 is 15.9 Å². The van der Waals surface area contributed by atoms with Crippen molar-refractivity contribution < 1.29 is 19.3 Å². The molecule has 0 aliphatic rings. The molecule has 1 rings (SSSR count). The summed E-state index contributed by atoms with van der Waals surface area (Å²) >= 11 is 3.18. The van der Waals surface area contributed by atoms with Crippen LogP contribution in [0.5, 0.6) is 0 Å². The van der Waals surface area contributed by atoms with Gasteiger partial charge in [-0.15, -0.1) is 0 Å². The van der Waals surface area contributed by atoms with Gasteiger partial charge < -0.3 is 15.0 Å². The Bertz CT molecular complexity index is 628. The lowest BCUT2D eigenvalue weighted by Crippen LogP contribution is -2.43. The highest BCUT2D eigenvalue weighted by Gasteiger charge is 2.23. The minimum atomic E-state index is -0.735. The standard InChI is InChI=1S/C19H29BBrNO4/c1-13-6-7-14(9-17(23)12-21)8-15(13)10-16(22-20(5)25)11-18(24)26-19(2,3)4/h6-8,16,22,25H,9-12H2,1-5H3/t16-/m0/s1. The Balaban J connectivity index is 2.91. The Morgan fingerprint density at radius 1 is 1.35 bits per heavy atom. The van der Waals surface area contributed by atoms with E-state index in [1.165, 1.54) is 0 Å². The quantitative estimate of drug-likeness (QED) is 0.361. The van der Waals surface area contributed by atoms with Crippen LogP contribution in [0.2, 0.25) is 6.82 Å². The molecule has 0 spiro atoms. The summed E-state index contributed by atoms with van der Waals surface area (Å²) in [6.45, 7) is 9.11. The van der Waals surface area contributed by atoms with Crippen molar-refractivity contribution in [3.63, 3.8) is 0 Å². The fraction of sp³-hybridized carbons (Fsp3) is 0.579. The van der Waals surface area contributed by atoms with E-state index in [9.17, 15) is 14.6 Å². The van der Waals surface area contributed by atoms with Crippen molar-refractivity contribution >= 4 is 34.7 Å². The van der Waals surface area contributed by atoms with E-state index in [0.29, 0.717) is 18.2 Å². The maximum absolute atomic E-state index is 12.2. The average molecular weight is 426 g/mol. The number of hydrogen-bond donors (Lipinski definition) is 2. The van der Waals surface area contributed by atoms with Crippen LogP contribution in [0.4, 0.5) is 0 Å². The molecule has 2 N–H and O–H groups in total. The number of esters is 1. The number of Topliss-reactive ketones (excluding diaryl/α,β-unsaturated/α-hetero) is 1. The molecule has 0 saturated heterocycles. The topological polar surface area (TPSA) is 75.6 Å². The van der Waals surface area contributed by atoms with Gasteiger partial charge >= 0.3 is 13.0 Å². The first-order valence-corrected chi connectivity index (χ1v) is 9.94. The molecule has 1 aromatic rings. The first-order chi connectivity index (χ1) is 12.0. The summed E-state index contributed by atoms with van der Waals surface area (Å²) in [6.07, 6.45) is 1.09. The van der Waals surface area contributed by atoms with Gasteiger partial charge in [0, 0.05) is 12.5 Å². The average Bonchev–Trinajstić information content (AvgIpc) is 2.47. The van der Waals surface area contributed by atoms with Gasteiger partial charge in [-0.2, -0.15) is 0 Å². The second-order valence-electron chi connectivity index (χ2n) is 7.64. The van der Waals surface area contributed by atoms with Gasteiger partial charge in [0.2, 0.25) is 0 Å². The second-order valence-corrected chi connectivity index (χ2v) is 8.20. The molecule has 0 fully saturated rings. The molecule has 0 bridgehead atoms. The van der Waals surface area contributed by atoms with Gasteiger partial charge in [0.25, 0.3) is 0 Å². The summed E-state index contributed by atoms with van der Waals surface area (Å²) in [5, 5.41) is 13.1. The molecule has 0 radical (unpaired) electrons. The number of carbonyl (C=O) groups is 2. The van der Waals surface area contributed by atoms with Crippen LogP contribution in [0.15, 0.2) is 18.2 Å². The Hall–Kier alpha value is -1.18. The molecular weight excluding hydrogens is 397 g/mol. The highest BCUT2D eigenvalue weighted by atomic mass is 79.9. The molecule has 26 heavy (non-hydrogen) atoms. The number of rotatable bonds is 9. The normalized spacial score (nSPS) is 12.6. The number of ketones is 1. The summed E-state index contributed by atoms with van der Waals surface area (Å²) in [5.74, 6) is -0.189. The molecule has 0 unspecified atom stereocenters. The zero-order valence-electron chi connectivity index (χ0n) is 16.3. The number of ether oxygens (including phenoxy) is 1. The Morgan fingerprint density at radius 3 is 2.54 bits per heavy atom. The highest BCUT2D eigenvalue weighted by Crippen LogP contribution is 2.17. The van der Waals surface area contributed by atoms with Gasteiger partial charge in [-0.3, -0.25) is 9.59 Å². The molecule has 1 atom stereocenters. The molecule has 5 nitrogen and oxygen atoms in total. The third-order valence-electron chi connectivity index (χ3n) is 3.74. The van der Waals surface area contributed by atoms with Crippen LogP contribution in [-0.2, 0) is 27.2 Å². The predicted octanol–water partition coefficient (Wildman–Crippen LogP) is 2.84. The van der Waals surface area contributed by atoms with E-state index in [-0.39, 0.29) is 24.2 Å². The van der Waals surface area contributed by atoms with E-state index in [2.05, 4.69) is 21.2 Å². The van der Waals surface area contributed by atoms with Crippen molar-refractivity contribution in [3.8, 4) is 0 Å². The van der Waals surface area contributed by atoms with Crippen LogP contribution in [0, 0.1) is 6.92 Å². The second kappa shape index (κ2) is 10.2. The zero-order valence-corrected chi connectivity index (χ0v) is 17.9. The maximum Gasteiger partial charge on any atom is 0.373 e. The zero-order chi connectivity index (χ0) is 19.9. The van der Waals surface area contributed by atoms with E-state index < -0.39 is 12.7 Å². The summed E-state index contributed by atoms with van der Waals surface area (Å²) < 4.78 is 5.40. The van der Waals surface area contributed by atoms with E-state index in [1.807, 2.05) is 45.9 Å². The van der Waals surface area contributed by atoms with Crippen molar-refractivity contribution in [3.05, 3.63) is 34.9 Å². The van der Waals surface area contributed by atoms with Crippen LogP contribution in [0.3, 0.4) is 0 Å². The largest absolute Gasteiger partial charge is 0.460 e. The molecule has 0 saturated carbocycles. The van der Waals surface area contributed by atoms with Gasteiger partial charge in [-0.1, -0.05) is 34.1 Å². The molecule has 0 aromatic heterocycles. The van der Waals surface area contributed by atoms with Gasteiger partial charge in [0.15, 0.2) is 0 Å². The molecule has 0 aliphatic heterocycles. The van der Waals surface area contributed by atoms with Crippen LogP contribution in [-0.4, -0.2) is 40.8 Å². The first-order valence-electron chi connectivity index (χ1n) is 8.82. The summed E-state index contributed by atoms with van der Waals surface area (Å²) in [5.41, 5.74) is 2.54. The predicted molar refractivity (Wildman–Crippen MR) is 109 cm³/mol. The smallest absolute Gasteiger partial charge is 0.373 e. The molecular formula is C19H29BBrNO4. The third kappa shape index (κ3) is 8.96.